The molecule has 268 valence electrons. The molecule has 4 N–H and O–H groups in total. The zero-order valence-corrected chi connectivity index (χ0v) is 28.7. The first kappa shape index (κ1) is 37.4. The number of anilines is 1. The number of fused-ring (bicyclic) bond motifs is 2. The first-order valence-electron chi connectivity index (χ1n) is 14.5. The number of aliphatic hydroxyl groups excluding tert-OH is 1. The fourth-order valence-corrected chi connectivity index (χ4v) is 6.93. The lowest BCUT2D eigenvalue weighted by atomic mass is 10.1. The molecular formula is C25H29F2N10O10P2S+. The van der Waals surface area contributed by atoms with Crippen molar-refractivity contribution in [1.82, 2.24) is 39.0 Å². The van der Waals surface area contributed by atoms with Crippen LogP contribution in [0, 0.1) is 12.5 Å². The second-order valence-corrected chi connectivity index (χ2v) is 14.4. The van der Waals surface area contributed by atoms with E-state index in [1.807, 2.05) is 0 Å². The number of rotatable bonds is 16. The number of nitrogens with one attached hydrogen (secondary N) is 2. The molecule has 4 aromatic rings. The number of alkyl halides is 2. The molecular weight excluding hydrogens is 732 g/mol. The number of ether oxygens (including phenoxy) is 1. The van der Waals surface area contributed by atoms with Crippen LogP contribution in [0.15, 0.2) is 23.6 Å². The maximum absolute atomic E-state index is 15.9. The van der Waals surface area contributed by atoms with Crippen LogP contribution >= 0.6 is 15.0 Å². The van der Waals surface area contributed by atoms with Gasteiger partial charge in [0.1, 0.15) is 30.9 Å². The fourth-order valence-electron chi connectivity index (χ4n) is 4.71. The van der Waals surface area contributed by atoms with E-state index in [-0.39, 0.29) is 49.2 Å². The van der Waals surface area contributed by atoms with Crippen LogP contribution in [-0.2, 0) is 57.1 Å². The van der Waals surface area contributed by atoms with Crippen LogP contribution in [0.5, 0.6) is 0 Å². The third kappa shape index (κ3) is 8.05. The summed E-state index contributed by atoms with van der Waals surface area (Å²) in [5, 5.41) is 12.1. The minimum Gasteiger partial charge on any atom is -0.388 e. The number of hydrogen-bond acceptors (Lipinski definition) is 15. The summed E-state index contributed by atoms with van der Waals surface area (Å²) in [7, 11) is -3.61. The first-order valence-corrected chi connectivity index (χ1v) is 18.2. The first-order chi connectivity index (χ1) is 23.8. The Labute approximate surface area is 286 Å². The lowest BCUT2D eigenvalue weighted by Gasteiger charge is -2.24. The Morgan fingerprint density at radius 3 is 2.74 bits per heavy atom. The van der Waals surface area contributed by atoms with E-state index in [1.54, 1.807) is 13.8 Å². The number of halogens is 2. The number of aliphatic hydroxyl groups is 1. The molecule has 0 radical (unpaired) electrons. The van der Waals surface area contributed by atoms with Crippen LogP contribution in [0.25, 0.3) is 27.2 Å². The quantitative estimate of drug-likeness (QED) is 0.0723. The monoisotopic (exact) mass is 761 g/mol. The van der Waals surface area contributed by atoms with Crippen molar-refractivity contribution in [3.63, 3.8) is 0 Å². The number of aromatic nitrogens is 8. The van der Waals surface area contributed by atoms with E-state index < -0.39 is 69.9 Å². The van der Waals surface area contributed by atoms with Crippen LogP contribution < -0.4 is 10.9 Å². The van der Waals surface area contributed by atoms with Gasteiger partial charge in [0.25, 0.3) is 5.56 Å². The van der Waals surface area contributed by atoms with Crippen molar-refractivity contribution in [3.8, 4) is 0 Å². The molecule has 50 heavy (non-hydrogen) atoms. The molecule has 25 heteroatoms. The van der Waals surface area contributed by atoms with Gasteiger partial charge < -0.3 is 32.8 Å². The van der Waals surface area contributed by atoms with E-state index in [2.05, 4.69) is 40.1 Å². The molecule has 0 spiro atoms. The Morgan fingerprint density at radius 2 is 2.04 bits per heavy atom. The summed E-state index contributed by atoms with van der Waals surface area (Å²) in [5.74, 6) is -5.11. The predicted octanol–water partition coefficient (Wildman–Crippen LogP) is 1.81. The second-order valence-electron chi connectivity index (χ2n) is 10.7. The zero-order chi connectivity index (χ0) is 36.2. The SMILES string of the molecule is [C-]#[N+]CCOP(=S)(OCCn1c(CO)nc2cncnc21)OC[C@H]1O[C@@H](n2cnc3c(=O)[nH]c(NC(=O)C(C)C)nc32)[C@H](O[P+](=O)O)C1(F)F. The molecule has 2 unspecified atom stereocenters. The van der Waals surface area contributed by atoms with Gasteiger partial charge in [-0.15, -0.1) is 9.42 Å². The van der Waals surface area contributed by atoms with Gasteiger partial charge in [-0.1, -0.05) is 13.8 Å². The highest BCUT2D eigenvalue weighted by atomic mass is 32.5. The van der Waals surface area contributed by atoms with Gasteiger partial charge in [-0.05, 0) is 11.8 Å². The van der Waals surface area contributed by atoms with Crippen molar-refractivity contribution in [2.45, 2.75) is 51.4 Å². The smallest absolute Gasteiger partial charge is 0.388 e. The number of carbonyl (C=O) groups is 1. The van der Waals surface area contributed by atoms with Crippen LogP contribution in [-0.4, -0.2) is 99.4 Å². The van der Waals surface area contributed by atoms with E-state index >= 15 is 8.78 Å². The Morgan fingerprint density at radius 1 is 1.28 bits per heavy atom. The molecule has 1 aliphatic rings. The number of imidazole rings is 2. The van der Waals surface area contributed by atoms with Gasteiger partial charge in [0.15, 0.2) is 29.1 Å². The molecule has 1 aliphatic heterocycles. The zero-order valence-electron chi connectivity index (χ0n) is 26.1. The van der Waals surface area contributed by atoms with Crippen molar-refractivity contribution in [2.24, 2.45) is 5.92 Å². The average molecular weight is 762 g/mol. The minimum atomic E-state index is -4.03. The summed E-state index contributed by atoms with van der Waals surface area (Å²) >= 11 is 5.45. The lowest BCUT2D eigenvalue weighted by Crippen LogP contribution is -2.42. The number of hydrogen-bond donors (Lipinski definition) is 4. The van der Waals surface area contributed by atoms with Gasteiger partial charge in [0.05, 0.1) is 25.7 Å². The summed E-state index contributed by atoms with van der Waals surface area (Å²) in [4.78, 5) is 60.2. The highest BCUT2D eigenvalue weighted by Gasteiger charge is 2.64. The van der Waals surface area contributed by atoms with Crippen molar-refractivity contribution in [1.29, 1.82) is 0 Å². The van der Waals surface area contributed by atoms with E-state index in [4.69, 9.17) is 41.2 Å². The van der Waals surface area contributed by atoms with Gasteiger partial charge in [-0.2, -0.15) is 4.98 Å². The largest absolute Gasteiger partial charge is 0.695 e. The molecule has 5 atom stereocenters. The Balaban J connectivity index is 1.38. The van der Waals surface area contributed by atoms with E-state index in [9.17, 15) is 24.2 Å². The standard InChI is InChI=1S/C25H28F2N10O10P2S/c1-13(2)21(39)34-24-33-20-17(22(40)35-24)31-12-37(20)23-18(47-48(41)42)25(26,27)15(46-23)10-45-49(50,43-6-4-28-3)44-7-5-36-16(9-38)32-14-8-29-11-30-19(14)36/h8,11-13,15,18,23,38H,4-7,9-10H2,1-2H3,(H2-,33,34,35,39,40,41,42)/p+1/t15-,18+,23-,49?/m1/s1. The molecule has 5 heterocycles. The van der Waals surface area contributed by atoms with E-state index in [0.29, 0.717) is 11.2 Å². The molecule has 5 rings (SSSR count). The van der Waals surface area contributed by atoms with Crippen LogP contribution in [0.4, 0.5) is 14.7 Å². The number of nitrogens with zero attached hydrogens (tertiary/aromatic N) is 8. The molecule has 0 aliphatic carbocycles. The van der Waals surface area contributed by atoms with E-state index in [1.165, 1.54) is 17.1 Å². The summed E-state index contributed by atoms with van der Waals surface area (Å²) < 4.78 is 73.1. The van der Waals surface area contributed by atoms with Crippen molar-refractivity contribution < 1.29 is 51.0 Å². The van der Waals surface area contributed by atoms with Crippen LogP contribution in [0.1, 0.15) is 25.9 Å². The number of carbonyl (C=O) groups excluding carboxylic acids is 1. The van der Waals surface area contributed by atoms with Gasteiger partial charge >= 0.3 is 20.9 Å². The number of H-pyrrole nitrogens is 1. The molecule has 4 aromatic heterocycles. The molecule has 1 amide bonds. The van der Waals surface area contributed by atoms with Gasteiger partial charge in [-0.25, -0.2) is 35.3 Å². The van der Waals surface area contributed by atoms with Gasteiger partial charge in [0, 0.05) is 17.0 Å². The average Bonchev–Trinajstić information content (AvgIpc) is 3.72. The van der Waals surface area contributed by atoms with Crippen molar-refractivity contribution in [3.05, 3.63) is 46.4 Å². The summed E-state index contributed by atoms with van der Waals surface area (Å²) in [6.07, 6.45) is -2.86. The molecule has 20 nitrogen and oxygen atoms in total. The third-order valence-corrected chi connectivity index (χ3v) is 9.90. The Hall–Kier alpha value is -3.81. The maximum Gasteiger partial charge on any atom is 0.695 e. The predicted molar refractivity (Wildman–Crippen MR) is 170 cm³/mol. The molecule has 0 bridgehead atoms. The number of amides is 1. The lowest BCUT2D eigenvalue weighted by molar-refractivity contribution is -0.119. The summed E-state index contributed by atoms with van der Waals surface area (Å²) in [5.41, 5.74) is -0.664. The highest BCUT2D eigenvalue weighted by Crippen LogP contribution is 2.53. The van der Waals surface area contributed by atoms with Gasteiger partial charge in [-0.3, -0.25) is 24.5 Å². The van der Waals surface area contributed by atoms with E-state index in [0.717, 1.165) is 10.9 Å². The third-order valence-electron chi connectivity index (χ3n) is 7.08. The summed E-state index contributed by atoms with van der Waals surface area (Å²) in [6, 6.07) is 0. The molecule has 1 fully saturated rings. The van der Waals surface area contributed by atoms with Crippen molar-refractivity contribution in [2.75, 3.05) is 31.7 Å². The van der Waals surface area contributed by atoms with Crippen LogP contribution in [0.2, 0.25) is 0 Å². The maximum atomic E-state index is 15.9. The Bertz CT molecular complexity index is 2040. The summed E-state index contributed by atoms with van der Waals surface area (Å²) in [6.45, 7) is 4.29. The second kappa shape index (κ2) is 15.6. The van der Waals surface area contributed by atoms with Gasteiger partial charge in [0.2, 0.25) is 24.5 Å². The number of aromatic amines is 1. The highest BCUT2D eigenvalue weighted by molar-refractivity contribution is 8.07. The molecule has 1 saturated heterocycles. The minimum absolute atomic E-state index is 0.0222. The Kier molecular flexibility index (Phi) is 11.7. The topological polar surface area (TPSA) is 244 Å². The molecule has 0 aromatic carbocycles. The molecule has 0 saturated carbocycles. The van der Waals surface area contributed by atoms with Crippen molar-refractivity contribution >= 4 is 61.0 Å². The fraction of sp³-hybridized carbons (Fsp3) is 0.520. The van der Waals surface area contributed by atoms with Crippen LogP contribution in [0.3, 0.4) is 0 Å². The normalized spacial score (nSPS) is 20.3.